The van der Waals surface area contributed by atoms with Crippen molar-refractivity contribution >= 4 is 11.7 Å². The van der Waals surface area contributed by atoms with Gasteiger partial charge in [-0.15, -0.1) is 0 Å². The lowest BCUT2D eigenvalue weighted by molar-refractivity contribution is -0.125. The fourth-order valence-corrected chi connectivity index (χ4v) is 2.32. The predicted octanol–water partition coefficient (Wildman–Crippen LogP) is 3.05. The first-order valence-corrected chi connectivity index (χ1v) is 6.76. The molecule has 0 bridgehead atoms. The average Bonchev–Trinajstić information content (AvgIpc) is 2.33. The quantitative estimate of drug-likeness (QED) is 0.603. The van der Waals surface area contributed by atoms with E-state index in [4.69, 9.17) is 0 Å². The van der Waals surface area contributed by atoms with Crippen LogP contribution < -0.4 is 0 Å². The van der Waals surface area contributed by atoms with Crippen LogP contribution in [0.4, 0.5) is 0 Å². The van der Waals surface area contributed by atoms with Crippen LogP contribution in [0.5, 0.6) is 0 Å². The first-order valence-electron chi connectivity index (χ1n) is 6.76. The van der Waals surface area contributed by atoms with Crippen molar-refractivity contribution in [2.24, 2.45) is 0 Å². The largest absolute Gasteiger partial charge is 0.339 e. The van der Waals surface area contributed by atoms with Crippen LogP contribution in [0, 0.1) is 20.8 Å². The predicted molar refractivity (Wildman–Crippen MR) is 77.5 cm³/mol. The number of hydrogen-bond acceptors (Lipinski definition) is 2. The Morgan fingerprint density at radius 3 is 2.11 bits per heavy atom. The normalized spacial score (nSPS) is 10.4. The van der Waals surface area contributed by atoms with Crippen molar-refractivity contribution < 1.29 is 9.59 Å². The van der Waals surface area contributed by atoms with E-state index in [1.807, 2.05) is 32.9 Å². The van der Waals surface area contributed by atoms with Crippen LogP contribution in [0.3, 0.4) is 0 Å². The topological polar surface area (TPSA) is 37.4 Å². The maximum absolute atomic E-state index is 12.3. The van der Waals surface area contributed by atoms with Crippen molar-refractivity contribution in [1.82, 2.24) is 4.90 Å². The van der Waals surface area contributed by atoms with Gasteiger partial charge in [-0.2, -0.15) is 0 Å². The van der Waals surface area contributed by atoms with E-state index in [0.717, 1.165) is 29.5 Å². The molecule has 1 aromatic rings. The third kappa shape index (κ3) is 3.66. The summed E-state index contributed by atoms with van der Waals surface area (Å²) in [6, 6.07) is 3.89. The van der Waals surface area contributed by atoms with Gasteiger partial charge < -0.3 is 4.90 Å². The molecule has 19 heavy (non-hydrogen) atoms. The minimum atomic E-state index is -0.413. The minimum Gasteiger partial charge on any atom is -0.339 e. The van der Waals surface area contributed by atoms with Crippen molar-refractivity contribution in [3.05, 3.63) is 34.4 Å². The highest BCUT2D eigenvalue weighted by Gasteiger charge is 2.23. The lowest BCUT2D eigenvalue weighted by Gasteiger charge is -2.17. The van der Waals surface area contributed by atoms with Crippen molar-refractivity contribution in [2.45, 2.75) is 40.5 Å². The molecule has 0 spiro atoms. The first kappa shape index (κ1) is 15.4. The number of benzene rings is 1. The van der Waals surface area contributed by atoms with Gasteiger partial charge in [0.1, 0.15) is 0 Å². The van der Waals surface area contributed by atoms with Crippen LogP contribution in [0.1, 0.15) is 46.8 Å². The van der Waals surface area contributed by atoms with Crippen molar-refractivity contribution in [3.8, 4) is 0 Å². The first-order chi connectivity index (χ1) is 8.88. The van der Waals surface area contributed by atoms with Crippen LogP contribution in [-0.4, -0.2) is 30.2 Å². The SMILES string of the molecule is CCCCN(C)C(=O)C(=O)c1c(C)cc(C)cc1C. The maximum Gasteiger partial charge on any atom is 0.294 e. The van der Waals surface area contributed by atoms with Gasteiger partial charge in [-0.1, -0.05) is 31.0 Å². The number of unbranched alkanes of at least 4 members (excludes halogenated alkanes) is 1. The number of nitrogens with zero attached hydrogens (tertiary/aromatic N) is 1. The van der Waals surface area contributed by atoms with Gasteiger partial charge in [0, 0.05) is 19.2 Å². The maximum atomic E-state index is 12.3. The molecule has 0 radical (unpaired) electrons. The summed E-state index contributed by atoms with van der Waals surface area (Å²) >= 11 is 0. The summed E-state index contributed by atoms with van der Waals surface area (Å²) in [7, 11) is 1.69. The molecule has 0 saturated heterocycles. The van der Waals surface area contributed by atoms with Crippen LogP contribution in [0.15, 0.2) is 12.1 Å². The summed E-state index contributed by atoms with van der Waals surface area (Å²) in [5, 5.41) is 0. The number of amides is 1. The zero-order chi connectivity index (χ0) is 14.6. The van der Waals surface area contributed by atoms with E-state index in [2.05, 4.69) is 6.92 Å². The number of rotatable bonds is 5. The molecule has 3 heteroatoms. The Kier molecular flexibility index (Phi) is 5.28. The molecule has 1 rings (SSSR count). The van der Waals surface area contributed by atoms with Gasteiger partial charge in [0.15, 0.2) is 0 Å². The average molecular weight is 261 g/mol. The molecule has 0 aromatic heterocycles. The minimum absolute atomic E-state index is 0.395. The van der Waals surface area contributed by atoms with Gasteiger partial charge in [0.2, 0.25) is 0 Å². The molecule has 0 atom stereocenters. The summed E-state index contributed by atoms with van der Waals surface area (Å²) in [6.45, 7) is 8.45. The standard InChI is InChI=1S/C16H23NO2/c1-6-7-8-17(5)16(19)15(18)14-12(3)9-11(2)10-13(14)4/h9-10H,6-8H2,1-5H3. The summed E-state index contributed by atoms with van der Waals surface area (Å²) in [4.78, 5) is 25.9. The van der Waals surface area contributed by atoms with Gasteiger partial charge >= 0.3 is 0 Å². The van der Waals surface area contributed by atoms with Crippen molar-refractivity contribution in [2.75, 3.05) is 13.6 Å². The Bertz CT molecular complexity index is 469. The van der Waals surface area contributed by atoms with E-state index >= 15 is 0 Å². The fraction of sp³-hybridized carbons (Fsp3) is 0.500. The Morgan fingerprint density at radius 2 is 1.63 bits per heavy atom. The van der Waals surface area contributed by atoms with Gasteiger partial charge in [-0.3, -0.25) is 9.59 Å². The van der Waals surface area contributed by atoms with Crippen LogP contribution in [0.2, 0.25) is 0 Å². The molecular weight excluding hydrogens is 238 g/mol. The molecule has 3 nitrogen and oxygen atoms in total. The highest BCUT2D eigenvalue weighted by Crippen LogP contribution is 2.17. The molecule has 0 heterocycles. The highest BCUT2D eigenvalue weighted by atomic mass is 16.2. The van der Waals surface area contributed by atoms with Crippen molar-refractivity contribution in [3.63, 3.8) is 0 Å². The van der Waals surface area contributed by atoms with E-state index in [-0.39, 0.29) is 0 Å². The molecule has 1 aromatic carbocycles. The second-order valence-electron chi connectivity index (χ2n) is 5.18. The van der Waals surface area contributed by atoms with E-state index in [9.17, 15) is 9.59 Å². The number of carbonyl (C=O) groups excluding carboxylic acids is 2. The zero-order valence-corrected chi connectivity index (χ0v) is 12.5. The Hall–Kier alpha value is -1.64. The lowest BCUT2D eigenvalue weighted by atomic mass is 9.96. The van der Waals surface area contributed by atoms with Crippen molar-refractivity contribution in [1.29, 1.82) is 0 Å². The Balaban J connectivity index is 2.98. The van der Waals surface area contributed by atoms with E-state index in [1.54, 1.807) is 7.05 Å². The molecule has 104 valence electrons. The monoisotopic (exact) mass is 261 g/mol. The van der Waals surface area contributed by atoms with Gasteiger partial charge in [0.05, 0.1) is 0 Å². The third-order valence-corrected chi connectivity index (χ3v) is 3.29. The Labute approximate surface area is 115 Å². The molecule has 1 amide bonds. The number of likely N-dealkylation sites (N-methyl/N-ethyl adjacent to an activating group) is 1. The second-order valence-corrected chi connectivity index (χ2v) is 5.18. The summed E-state index contributed by atoms with van der Waals surface area (Å²) in [6.07, 6.45) is 1.93. The number of Topliss-reactive ketones (excluding diaryl/α,β-unsaturated/α-hetero) is 1. The molecule has 0 aliphatic rings. The number of hydrogen-bond donors (Lipinski definition) is 0. The molecule has 0 N–H and O–H groups in total. The van der Waals surface area contributed by atoms with E-state index < -0.39 is 11.7 Å². The Morgan fingerprint density at radius 1 is 1.11 bits per heavy atom. The molecular formula is C16H23NO2. The summed E-state index contributed by atoms with van der Waals surface area (Å²) in [5.41, 5.74) is 3.41. The van der Waals surface area contributed by atoms with Crippen LogP contribution in [-0.2, 0) is 4.79 Å². The van der Waals surface area contributed by atoms with Gasteiger partial charge in [0.25, 0.3) is 11.7 Å². The number of ketones is 1. The fourth-order valence-electron chi connectivity index (χ4n) is 2.32. The second kappa shape index (κ2) is 6.50. The highest BCUT2D eigenvalue weighted by molar-refractivity contribution is 6.43. The molecule has 0 aliphatic heterocycles. The number of carbonyl (C=O) groups is 2. The lowest BCUT2D eigenvalue weighted by Crippen LogP contribution is -2.34. The summed E-state index contributed by atoms with van der Waals surface area (Å²) in [5.74, 6) is -0.808. The molecule has 0 unspecified atom stereocenters. The molecule has 0 saturated carbocycles. The van der Waals surface area contributed by atoms with E-state index in [0.29, 0.717) is 12.1 Å². The summed E-state index contributed by atoms with van der Waals surface area (Å²) < 4.78 is 0. The van der Waals surface area contributed by atoms with Crippen LogP contribution >= 0.6 is 0 Å². The van der Waals surface area contributed by atoms with Crippen LogP contribution in [0.25, 0.3) is 0 Å². The van der Waals surface area contributed by atoms with E-state index in [1.165, 1.54) is 4.90 Å². The zero-order valence-electron chi connectivity index (χ0n) is 12.5. The van der Waals surface area contributed by atoms with Gasteiger partial charge in [-0.05, 0) is 38.3 Å². The van der Waals surface area contributed by atoms with Gasteiger partial charge in [-0.25, -0.2) is 0 Å². The number of aryl methyl sites for hydroxylation is 3. The third-order valence-electron chi connectivity index (χ3n) is 3.29. The molecule has 0 fully saturated rings. The smallest absolute Gasteiger partial charge is 0.294 e. The molecule has 0 aliphatic carbocycles.